The van der Waals surface area contributed by atoms with Crippen LogP contribution >= 0.6 is 0 Å². The van der Waals surface area contributed by atoms with Crippen LogP contribution in [0.3, 0.4) is 0 Å². The smallest absolute Gasteiger partial charge is 0.261 e. The van der Waals surface area contributed by atoms with E-state index in [4.69, 9.17) is 4.74 Å². The van der Waals surface area contributed by atoms with Gasteiger partial charge < -0.3 is 15.0 Å². The molecule has 0 fully saturated rings. The molecule has 5 nitrogen and oxygen atoms in total. The van der Waals surface area contributed by atoms with Crippen molar-refractivity contribution >= 4 is 17.4 Å². The summed E-state index contributed by atoms with van der Waals surface area (Å²) in [5.41, 5.74) is 2.81. The van der Waals surface area contributed by atoms with Gasteiger partial charge in [0.1, 0.15) is 17.3 Å². The van der Waals surface area contributed by atoms with Crippen LogP contribution in [-0.4, -0.2) is 22.4 Å². The van der Waals surface area contributed by atoms with Gasteiger partial charge in [0.25, 0.3) is 5.91 Å². The number of pyridine rings is 1. The number of carbonyl (C=O) groups is 1. The van der Waals surface area contributed by atoms with Gasteiger partial charge in [0, 0.05) is 12.2 Å². The van der Waals surface area contributed by atoms with Crippen LogP contribution in [0.4, 0.5) is 11.5 Å². The standard InChI is InChI=1S/C21H19N3O2/c25-21-15-26-19-11-12-20(22-17-9-5-2-6-10-17)23-18(19)14-24(21)13-16-7-3-1-4-8-16/h1-12H,13-15H2,(H,22,23). The highest BCUT2D eigenvalue weighted by atomic mass is 16.5. The van der Waals surface area contributed by atoms with Gasteiger partial charge in [-0.15, -0.1) is 0 Å². The Morgan fingerprint density at radius 2 is 1.69 bits per heavy atom. The third kappa shape index (κ3) is 3.67. The molecule has 1 aliphatic heterocycles. The molecule has 5 heteroatoms. The van der Waals surface area contributed by atoms with Crippen molar-refractivity contribution < 1.29 is 9.53 Å². The number of nitrogens with zero attached hydrogens (tertiary/aromatic N) is 2. The maximum absolute atomic E-state index is 12.4. The van der Waals surface area contributed by atoms with E-state index in [0.717, 1.165) is 22.8 Å². The molecule has 1 N–H and O–H groups in total. The summed E-state index contributed by atoms with van der Waals surface area (Å²) in [6.45, 7) is 1.00. The molecule has 0 unspecified atom stereocenters. The van der Waals surface area contributed by atoms with Crippen LogP contribution in [0.5, 0.6) is 5.75 Å². The van der Waals surface area contributed by atoms with Crippen LogP contribution in [-0.2, 0) is 17.9 Å². The Labute approximate surface area is 152 Å². The highest BCUT2D eigenvalue weighted by molar-refractivity contribution is 5.78. The molecule has 1 aromatic heterocycles. The van der Waals surface area contributed by atoms with Crippen LogP contribution in [0.25, 0.3) is 0 Å². The van der Waals surface area contributed by atoms with E-state index in [1.807, 2.05) is 72.8 Å². The molecule has 0 radical (unpaired) electrons. The quantitative estimate of drug-likeness (QED) is 0.782. The minimum absolute atomic E-state index is 0.0347. The van der Waals surface area contributed by atoms with E-state index >= 15 is 0 Å². The van der Waals surface area contributed by atoms with E-state index < -0.39 is 0 Å². The van der Waals surface area contributed by atoms with E-state index in [1.54, 1.807) is 4.90 Å². The topological polar surface area (TPSA) is 54.5 Å². The summed E-state index contributed by atoms with van der Waals surface area (Å²) in [6.07, 6.45) is 0. The molecule has 3 aromatic rings. The summed E-state index contributed by atoms with van der Waals surface area (Å²) in [5.74, 6) is 1.35. The number of para-hydroxylation sites is 1. The average molecular weight is 345 g/mol. The van der Waals surface area contributed by atoms with Crippen molar-refractivity contribution in [3.8, 4) is 5.75 Å². The molecule has 2 heterocycles. The number of nitrogens with one attached hydrogen (secondary N) is 1. The summed E-state index contributed by atoms with van der Waals surface area (Å²) in [7, 11) is 0. The van der Waals surface area contributed by atoms with Crippen LogP contribution in [0.2, 0.25) is 0 Å². The zero-order valence-electron chi connectivity index (χ0n) is 14.3. The summed E-state index contributed by atoms with van der Waals surface area (Å²) in [6, 6.07) is 23.5. The Bertz CT molecular complexity index is 898. The van der Waals surface area contributed by atoms with Crippen molar-refractivity contribution in [3.63, 3.8) is 0 Å². The van der Waals surface area contributed by atoms with Crippen LogP contribution in [0.15, 0.2) is 72.8 Å². The van der Waals surface area contributed by atoms with Crippen molar-refractivity contribution in [2.75, 3.05) is 11.9 Å². The van der Waals surface area contributed by atoms with E-state index in [9.17, 15) is 4.79 Å². The summed E-state index contributed by atoms with van der Waals surface area (Å²) in [5, 5.41) is 3.28. The van der Waals surface area contributed by atoms with E-state index in [2.05, 4.69) is 10.3 Å². The molecule has 0 saturated carbocycles. The molecular formula is C21H19N3O2. The van der Waals surface area contributed by atoms with Gasteiger partial charge in [-0.3, -0.25) is 4.79 Å². The number of amides is 1. The Morgan fingerprint density at radius 1 is 0.962 bits per heavy atom. The first kappa shape index (κ1) is 16.1. The monoisotopic (exact) mass is 345 g/mol. The molecule has 1 aliphatic rings. The fraction of sp³-hybridized carbons (Fsp3) is 0.143. The second-order valence-electron chi connectivity index (χ2n) is 6.16. The van der Waals surface area contributed by atoms with Crippen molar-refractivity contribution in [1.82, 2.24) is 9.88 Å². The maximum atomic E-state index is 12.4. The lowest BCUT2D eigenvalue weighted by molar-refractivity contribution is -0.133. The number of rotatable bonds is 4. The second-order valence-corrected chi connectivity index (χ2v) is 6.16. The predicted molar refractivity (Wildman–Crippen MR) is 100 cm³/mol. The molecule has 2 aromatic carbocycles. The maximum Gasteiger partial charge on any atom is 0.261 e. The minimum atomic E-state index is -0.0376. The largest absolute Gasteiger partial charge is 0.482 e. The average Bonchev–Trinajstić information content (AvgIpc) is 2.82. The molecular weight excluding hydrogens is 326 g/mol. The molecule has 0 spiro atoms. The van der Waals surface area contributed by atoms with Gasteiger partial charge in [-0.25, -0.2) is 4.98 Å². The van der Waals surface area contributed by atoms with Gasteiger partial charge in [0.05, 0.1) is 6.54 Å². The predicted octanol–water partition coefficient (Wildman–Crippen LogP) is 3.75. The Morgan fingerprint density at radius 3 is 2.46 bits per heavy atom. The molecule has 4 rings (SSSR count). The van der Waals surface area contributed by atoms with Crippen molar-refractivity contribution in [2.24, 2.45) is 0 Å². The number of ether oxygens (including phenoxy) is 1. The molecule has 0 aliphatic carbocycles. The number of carbonyl (C=O) groups excluding carboxylic acids is 1. The van der Waals surface area contributed by atoms with Crippen LogP contribution < -0.4 is 10.1 Å². The molecule has 130 valence electrons. The lowest BCUT2D eigenvalue weighted by Gasteiger charge is -2.19. The fourth-order valence-corrected chi connectivity index (χ4v) is 2.92. The van der Waals surface area contributed by atoms with Crippen LogP contribution in [0.1, 0.15) is 11.3 Å². The Kier molecular flexibility index (Phi) is 4.51. The molecule has 1 amide bonds. The second kappa shape index (κ2) is 7.27. The highest BCUT2D eigenvalue weighted by Gasteiger charge is 2.23. The van der Waals surface area contributed by atoms with Crippen LogP contribution in [0, 0.1) is 0 Å². The van der Waals surface area contributed by atoms with Crippen molar-refractivity contribution in [2.45, 2.75) is 13.1 Å². The lowest BCUT2D eigenvalue weighted by Crippen LogP contribution is -2.32. The van der Waals surface area contributed by atoms with E-state index in [1.165, 1.54) is 0 Å². The highest BCUT2D eigenvalue weighted by Crippen LogP contribution is 2.26. The molecule has 0 bridgehead atoms. The van der Waals surface area contributed by atoms with Gasteiger partial charge >= 0.3 is 0 Å². The normalized spacial score (nSPS) is 13.5. The fourth-order valence-electron chi connectivity index (χ4n) is 2.92. The summed E-state index contributed by atoms with van der Waals surface area (Å²) < 4.78 is 5.65. The van der Waals surface area contributed by atoms with Gasteiger partial charge in [-0.05, 0) is 29.8 Å². The van der Waals surface area contributed by atoms with Crippen molar-refractivity contribution in [1.29, 1.82) is 0 Å². The van der Waals surface area contributed by atoms with Gasteiger partial charge in [0.15, 0.2) is 6.61 Å². The number of fused-ring (bicyclic) bond motifs is 1. The lowest BCUT2D eigenvalue weighted by atomic mass is 10.2. The third-order valence-electron chi connectivity index (χ3n) is 4.24. The Balaban J connectivity index is 1.56. The number of anilines is 2. The third-order valence-corrected chi connectivity index (χ3v) is 4.24. The molecule has 26 heavy (non-hydrogen) atoms. The van der Waals surface area contributed by atoms with E-state index in [-0.39, 0.29) is 12.5 Å². The number of aromatic nitrogens is 1. The minimum Gasteiger partial charge on any atom is -0.482 e. The number of hydrogen-bond donors (Lipinski definition) is 1. The first-order valence-electron chi connectivity index (χ1n) is 8.54. The zero-order valence-corrected chi connectivity index (χ0v) is 14.3. The van der Waals surface area contributed by atoms with Gasteiger partial charge in [-0.2, -0.15) is 0 Å². The summed E-state index contributed by atoms with van der Waals surface area (Å²) in [4.78, 5) is 18.9. The first-order valence-corrected chi connectivity index (χ1v) is 8.54. The van der Waals surface area contributed by atoms with Crippen molar-refractivity contribution in [3.05, 3.63) is 84.1 Å². The first-order chi connectivity index (χ1) is 12.8. The summed E-state index contributed by atoms with van der Waals surface area (Å²) >= 11 is 0. The number of hydrogen-bond acceptors (Lipinski definition) is 4. The van der Waals surface area contributed by atoms with Gasteiger partial charge in [0.2, 0.25) is 0 Å². The SMILES string of the molecule is O=C1COc2ccc(Nc3ccccc3)nc2CN1Cc1ccccc1. The number of benzene rings is 2. The molecule has 0 saturated heterocycles. The molecule has 0 atom stereocenters. The van der Waals surface area contributed by atoms with Gasteiger partial charge in [-0.1, -0.05) is 48.5 Å². The Hall–Kier alpha value is -3.34. The van der Waals surface area contributed by atoms with E-state index in [0.29, 0.717) is 18.8 Å². The zero-order chi connectivity index (χ0) is 17.8.